The van der Waals surface area contributed by atoms with E-state index in [1.165, 1.54) is 36.2 Å². The first kappa shape index (κ1) is 13.9. The fourth-order valence-electron chi connectivity index (χ4n) is 3.41. The first-order chi connectivity index (χ1) is 9.56. The van der Waals surface area contributed by atoms with Crippen LogP contribution in [-0.4, -0.2) is 25.2 Å². The highest BCUT2D eigenvalue weighted by atomic mass is 15.2. The van der Waals surface area contributed by atoms with Crippen LogP contribution in [0.15, 0.2) is 18.2 Å². The molecule has 1 aliphatic carbocycles. The standard InChI is InChI=1S/C18H28N2/c1-12(2)18-10-19-17(15-6-7-15)11-20(18)16-8-5-13(3)14(4)9-16/h5,8-9,12,15,17-19H,6-7,10-11H2,1-4H3. The predicted molar refractivity (Wildman–Crippen MR) is 86.4 cm³/mol. The van der Waals surface area contributed by atoms with Gasteiger partial charge in [-0.15, -0.1) is 0 Å². The molecule has 0 amide bonds. The number of hydrogen-bond acceptors (Lipinski definition) is 2. The SMILES string of the molecule is Cc1ccc(N2CC(C3CC3)NCC2C(C)C)cc1C. The van der Waals surface area contributed by atoms with E-state index in [0.29, 0.717) is 18.0 Å². The third kappa shape index (κ3) is 2.71. The molecule has 0 radical (unpaired) electrons. The van der Waals surface area contributed by atoms with E-state index in [9.17, 15) is 0 Å². The number of nitrogens with zero attached hydrogens (tertiary/aromatic N) is 1. The molecule has 2 fully saturated rings. The maximum Gasteiger partial charge on any atom is 0.0438 e. The average molecular weight is 272 g/mol. The van der Waals surface area contributed by atoms with E-state index >= 15 is 0 Å². The Morgan fingerprint density at radius 1 is 1.15 bits per heavy atom. The van der Waals surface area contributed by atoms with E-state index in [0.717, 1.165) is 12.5 Å². The van der Waals surface area contributed by atoms with Gasteiger partial charge in [0.1, 0.15) is 0 Å². The maximum atomic E-state index is 3.80. The van der Waals surface area contributed by atoms with Crippen molar-refractivity contribution in [1.82, 2.24) is 5.32 Å². The summed E-state index contributed by atoms with van der Waals surface area (Å²) in [5.41, 5.74) is 4.22. The molecule has 0 bridgehead atoms. The predicted octanol–water partition coefficient (Wildman–Crippen LogP) is 3.52. The molecular weight excluding hydrogens is 244 g/mol. The van der Waals surface area contributed by atoms with Crippen molar-refractivity contribution < 1.29 is 0 Å². The minimum atomic E-state index is 0.618. The zero-order chi connectivity index (χ0) is 14.3. The van der Waals surface area contributed by atoms with Gasteiger partial charge in [-0.05, 0) is 61.8 Å². The monoisotopic (exact) mass is 272 g/mol. The molecule has 2 heteroatoms. The minimum Gasteiger partial charge on any atom is -0.365 e. The normalized spacial score (nSPS) is 27.1. The lowest BCUT2D eigenvalue weighted by molar-refractivity contribution is 0.320. The van der Waals surface area contributed by atoms with Gasteiger partial charge in [0.15, 0.2) is 0 Å². The van der Waals surface area contributed by atoms with Crippen LogP contribution in [0.25, 0.3) is 0 Å². The zero-order valence-corrected chi connectivity index (χ0v) is 13.3. The van der Waals surface area contributed by atoms with Crippen molar-refractivity contribution in [1.29, 1.82) is 0 Å². The highest BCUT2D eigenvalue weighted by Gasteiger charge is 2.38. The summed E-state index contributed by atoms with van der Waals surface area (Å²) in [6.07, 6.45) is 2.84. The summed E-state index contributed by atoms with van der Waals surface area (Å²) in [7, 11) is 0. The van der Waals surface area contributed by atoms with Crippen LogP contribution in [0, 0.1) is 25.7 Å². The van der Waals surface area contributed by atoms with Gasteiger partial charge >= 0.3 is 0 Å². The molecular formula is C18H28N2. The molecule has 1 aromatic carbocycles. The molecule has 2 aliphatic rings. The Labute approximate surface area is 123 Å². The van der Waals surface area contributed by atoms with Crippen molar-refractivity contribution in [2.45, 2.75) is 52.6 Å². The number of piperazine rings is 1. The summed E-state index contributed by atoms with van der Waals surface area (Å²) < 4.78 is 0. The summed E-state index contributed by atoms with van der Waals surface area (Å²) >= 11 is 0. The number of nitrogens with one attached hydrogen (secondary N) is 1. The summed E-state index contributed by atoms with van der Waals surface area (Å²) in [6.45, 7) is 11.4. The van der Waals surface area contributed by atoms with E-state index in [1.807, 2.05) is 0 Å². The fourth-order valence-corrected chi connectivity index (χ4v) is 3.41. The number of rotatable bonds is 3. The lowest BCUT2D eigenvalue weighted by Crippen LogP contribution is -2.59. The molecule has 20 heavy (non-hydrogen) atoms. The molecule has 1 heterocycles. The van der Waals surface area contributed by atoms with Crippen LogP contribution in [0.1, 0.15) is 37.8 Å². The van der Waals surface area contributed by atoms with Crippen LogP contribution in [0.5, 0.6) is 0 Å². The third-order valence-corrected chi connectivity index (χ3v) is 5.17. The van der Waals surface area contributed by atoms with E-state index in [2.05, 4.69) is 56.1 Å². The quantitative estimate of drug-likeness (QED) is 0.906. The van der Waals surface area contributed by atoms with Gasteiger partial charge in [-0.25, -0.2) is 0 Å². The molecule has 0 aromatic heterocycles. The van der Waals surface area contributed by atoms with Gasteiger partial charge in [0.05, 0.1) is 0 Å². The molecule has 2 unspecified atom stereocenters. The molecule has 2 nitrogen and oxygen atoms in total. The molecule has 1 aromatic rings. The number of aryl methyl sites for hydroxylation is 2. The summed E-state index contributed by atoms with van der Waals surface area (Å²) in [5, 5.41) is 3.80. The van der Waals surface area contributed by atoms with Gasteiger partial charge in [0, 0.05) is 30.9 Å². The average Bonchev–Trinajstić information content (AvgIpc) is 3.25. The number of anilines is 1. The van der Waals surface area contributed by atoms with Crippen LogP contribution >= 0.6 is 0 Å². The zero-order valence-electron chi connectivity index (χ0n) is 13.3. The molecule has 0 spiro atoms. The Bertz CT molecular complexity index is 476. The Balaban J connectivity index is 1.85. The second kappa shape index (κ2) is 5.40. The molecule has 1 N–H and O–H groups in total. The molecule has 110 valence electrons. The van der Waals surface area contributed by atoms with Crippen molar-refractivity contribution in [3.8, 4) is 0 Å². The van der Waals surface area contributed by atoms with Gasteiger partial charge in [-0.2, -0.15) is 0 Å². The molecule has 1 aliphatic heterocycles. The fraction of sp³-hybridized carbons (Fsp3) is 0.667. The van der Waals surface area contributed by atoms with E-state index in [-0.39, 0.29) is 0 Å². The summed E-state index contributed by atoms with van der Waals surface area (Å²) in [4.78, 5) is 2.66. The Morgan fingerprint density at radius 2 is 1.90 bits per heavy atom. The highest BCUT2D eigenvalue weighted by Crippen LogP contribution is 2.36. The second-order valence-corrected chi connectivity index (χ2v) is 7.08. The largest absolute Gasteiger partial charge is 0.365 e. The van der Waals surface area contributed by atoms with E-state index < -0.39 is 0 Å². The van der Waals surface area contributed by atoms with Gasteiger partial charge in [-0.3, -0.25) is 0 Å². The van der Waals surface area contributed by atoms with Crippen LogP contribution in [0.4, 0.5) is 5.69 Å². The lowest BCUT2D eigenvalue weighted by Gasteiger charge is -2.44. The van der Waals surface area contributed by atoms with Crippen molar-refractivity contribution in [3.05, 3.63) is 29.3 Å². The van der Waals surface area contributed by atoms with Crippen LogP contribution in [-0.2, 0) is 0 Å². The van der Waals surface area contributed by atoms with E-state index in [4.69, 9.17) is 0 Å². The van der Waals surface area contributed by atoms with Gasteiger partial charge < -0.3 is 10.2 Å². The Hall–Kier alpha value is -1.02. The summed E-state index contributed by atoms with van der Waals surface area (Å²) in [6, 6.07) is 8.28. The number of hydrogen-bond donors (Lipinski definition) is 1. The molecule has 2 atom stereocenters. The van der Waals surface area contributed by atoms with Crippen molar-refractivity contribution in [3.63, 3.8) is 0 Å². The van der Waals surface area contributed by atoms with Gasteiger partial charge in [0.2, 0.25) is 0 Å². The minimum absolute atomic E-state index is 0.618. The van der Waals surface area contributed by atoms with Crippen LogP contribution in [0.3, 0.4) is 0 Å². The summed E-state index contributed by atoms with van der Waals surface area (Å²) in [5.74, 6) is 1.61. The first-order valence-electron chi connectivity index (χ1n) is 8.13. The molecule has 1 saturated heterocycles. The van der Waals surface area contributed by atoms with Crippen molar-refractivity contribution >= 4 is 5.69 Å². The lowest BCUT2D eigenvalue weighted by atomic mass is 9.95. The third-order valence-electron chi connectivity index (χ3n) is 5.17. The maximum absolute atomic E-state index is 3.80. The molecule has 1 saturated carbocycles. The number of benzene rings is 1. The Kier molecular flexibility index (Phi) is 3.76. The van der Waals surface area contributed by atoms with Gasteiger partial charge in [0.25, 0.3) is 0 Å². The smallest absolute Gasteiger partial charge is 0.0438 e. The van der Waals surface area contributed by atoms with Crippen LogP contribution in [0.2, 0.25) is 0 Å². The van der Waals surface area contributed by atoms with Crippen LogP contribution < -0.4 is 10.2 Å². The topological polar surface area (TPSA) is 15.3 Å². The first-order valence-corrected chi connectivity index (χ1v) is 8.13. The Morgan fingerprint density at radius 3 is 2.50 bits per heavy atom. The highest BCUT2D eigenvalue weighted by molar-refractivity contribution is 5.52. The van der Waals surface area contributed by atoms with Gasteiger partial charge in [-0.1, -0.05) is 19.9 Å². The second-order valence-electron chi connectivity index (χ2n) is 7.08. The molecule has 3 rings (SSSR count). The van der Waals surface area contributed by atoms with Crippen molar-refractivity contribution in [2.75, 3.05) is 18.0 Å². The van der Waals surface area contributed by atoms with E-state index in [1.54, 1.807) is 0 Å². The van der Waals surface area contributed by atoms with Crippen molar-refractivity contribution in [2.24, 2.45) is 11.8 Å².